The maximum absolute atomic E-state index is 11.8. The van der Waals surface area contributed by atoms with Crippen molar-refractivity contribution in [2.45, 2.75) is 18.8 Å². The van der Waals surface area contributed by atoms with E-state index in [-0.39, 0.29) is 5.91 Å². The molecule has 3 aromatic rings. The number of fused-ring (bicyclic) bond motifs is 1. The molecule has 0 bridgehead atoms. The van der Waals surface area contributed by atoms with Crippen LogP contribution in [0.3, 0.4) is 0 Å². The van der Waals surface area contributed by atoms with Gasteiger partial charge in [0.15, 0.2) is 5.13 Å². The molecule has 132 valence electrons. The quantitative estimate of drug-likeness (QED) is 0.700. The van der Waals surface area contributed by atoms with Crippen LogP contribution in [0.4, 0.5) is 10.9 Å². The van der Waals surface area contributed by atoms with Crippen molar-refractivity contribution < 1.29 is 4.79 Å². The summed E-state index contributed by atoms with van der Waals surface area (Å²) in [6.07, 6.45) is 5.01. The number of hydrogen-bond donors (Lipinski definition) is 1. The third-order valence-electron chi connectivity index (χ3n) is 4.82. The highest BCUT2D eigenvalue weighted by molar-refractivity contribution is 7.13. The van der Waals surface area contributed by atoms with Crippen LogP contribution in [0.2, 0.25) is 0 Å². The third kappa shape index (κ3) is 3.32. The van der Waals surface area contributed by atoms with Gasteiger partial charge in [0.2, 0.25) is 5.91 Å². The second-order valence-corrected chi connectivity index (χ2v) is 7.28. The molecule has 1 aromatic carbocycles. The molecule has 1 saturated heterocycles. The van der Waals surface area contributed by atoms with Crippen LogP contribution in [0.5, 0.6) is 0 Å². The first-order chi connectivity index (χ1) is 12.7. The number of anilines is 2. The van der Waals surface area contributed by atoms with Gasteiger partial charge >= 0.3 is 0 Å². The Bertz CT molecular complexity index is 930. The average Bonchev–Trinajstić information content (AvgIpc) is 3.20. The minimum atomic E-state index is 0.0149. The van der Waals surface area contributed by atoms with Crippen molar-refractivity contribution >= 4 is 39.0 Å². The van der Waals surface area contributed by atoms with Gasteiger partial charge in [-0.2, -0.15) is 0 Å². The molecule has 4 rings (SSSR count). The molecule has 1 aliphatic rings. The van der Waals surface area contributed by atoms with E-state index in [1.807, 2.05) is 22.4 Å². The molecule has 1 aliphatic heterocycles. The molecule has 6 heteroatoms. The highest BCUT2D eigenvalue weighted by atomic mass is 32.1. The Morgan fingerprint density at radius 1 is 1.31 bits per heavy atom. The molecule has 0 atom stereocenters. The van der Waals surface area contributed by atoms with Crippen molar-refractivity contribution in [3.63, 3.8) is 0 Å². The number of nitrogens with zero attached hydrogens (tertiary/aromatic N) is 3. The van der Waals surface area contributed by atoms with Crippen LogP contribution in [0.25, 0.3) is 10.8 Å². The number of thiazole rings is 1. The summed E-state index contributed by atoms with van der Waals surface area (Å²) in [7, 11) is 0. The van der Waals surface area contributed by atoms with Gasteiger partial charge in [-0.3, -0.25) is 4.79 Å². The van der Waals surface area contributed by atoms with E-state index >= 15 is 0 Å². The number of aromatic nitrogens is 2. The first kappa shape index (κ1) is 16.7. The zero-order valence-electron chi connectivity index (χ0n) is 14.4. The lowest BCUT2D eigenvalue weighted by molar-refractivity contribution is -0.127. The summed E-state index contributed by atoms with van der Waals surface area (Å²) in [6.45, 7) is 5.08. The molecule has 0 saturated carbocycles. The molecule has 0 unspecified atom stereocenters. The lowest BCUT2D eigenvalue weighted by Gasteiger charge is -2.31. The Balaban J connectivity index is 1.63. The smallest absolute Gasteiger partial charge is 0.245 e. The fourth-order valence-electron chi connectivity index (χ4n) is 3.44. The van der Waals surface area contributed by atoms with E-state index in [0.717, 1.165) is 48.0 Å². The van der Waals surface area contributed by atoms with E-state index < -0.39 is 0 Å². The first-order valence-corrected chi connectivity index (χ1v) is 9.60. The molecule has 0 aliphatic carbocycles. The fraction of sp³-hybridized carbons (Fsp3) is 0.250. The molecule has 1 N–H and O–H groups in total. The number of pyridine rings is 1. The lowest BCUT2D eigenvalue weighted by Crippen LogP contribution is -2.36. The van der Waals surface area contributed by atoms with Gasteiger partial charge in [-0.1, -0.05) is 30.8 Å². The topological polar surface area (TPSA) is 58.1 Å². The Hall–Kier alpha value is -2.73. The number of carbonyl (C=O) groups excluding carboxylic acids is 1. The number of rotatable bonds is 4. The summed E-state index contributed by atoms with van der Waals surface area (Å²) >= 11 is 1.56. The number of piperidine rings is 1. The first-order valence-electron chi connectivity index (χ1n) is 8.72. The van der Waals surface area contributed by atoms with Crippen LogP contribution in [-0.2, 0) is 4.79 Å². The summed E-state index contributed by atoms with van der Waals surface area (Å²) in [4.78, 5) is 22.9. The van der Waals surface area contributed by atoms with Gasteiger partial charge in [-0.05, 0) is 30.4 Å². The highest BCUT2D eigenvalue weighted by Crippen LogP contribution is 2.33. The monoisotopic (exact) mass is 364 g/mol. The summed E-state index contributed by atoms with van der Waals surface area (Å²) < 4.78 is 0. The van der Waals surface area contributed by atoms with Crippen molar-refractivity contribution in [3.05, 3.63) is 60.3 Å². The normalized spacial score (nSPS) is 15.2. The largest absolute Gasteiger partial charge is 0.339 e. The van der Waals surface area contributed by atoms with Gasteiger partial charge < -0.3 is 10.2 Å². The molecule has 0 spiro atoms. The van der Waals surface area contributed by atoms with E-state index in [9.17, 15) is 4.79 Å². The molecule has 1 amide bonds. The van der Waals surface area contributed by atoms with E-state index in [2.05, 4.69) is 35.1 Å². The fourth-order valence-corrected chi connectivity index (χ4v) is 3.96. The number of hydrogen-bond acceptors (Lipinski definition) is 5. The summed E-state index contributed by atoms with van der Waals surface area (Å²) in [5, 5.41) is 8.40. The molecular weight excluding hydrogens is 344 g/mol. The van der Waals surface area contributed by atoms with Gasteiger partial charge in [0, 0.05) is 41.7 Å². The summed E-state index contributed by atoms with van der Waals surface area (Å²) in [5.41, 5.74) is 1.08. The van der Waals surface area contributed by atoms with Gasteiger partial charge in [0.05, 0.1) is 0 Å². The SMILES string of the molecule is C=CC(=O)N1CCC(c2cc3ccccc3c(Nc3nccs3)n2)CC1. The van der Waals surface area contributed by atoms with Gasteiger partial charge in [-0.25, -0.2) is 9.97 Å². The number of carbonyl (C=O) groups is 1. The minimum absolute atomic E-state index is 0.0149. The third-order valence-corrected chi connectivity index (χ3v) is 5.51. The van der Waals surface area contributed by atoms with Crippen molar-refractivity contribution in [3.8, 4) is 0 Å². The number of benzene rings is 1. The number of nitrogens with one attached hydrogen (secondary N) is 1. The molecule has 1 fully saturated rings. The zero-order valence-corrected chi connectivity index (χ0v) is 15.2. The second-order valence-electron chi connectivity index (χ2n) is 6.38. The van der Waals surface area contributed by atoms with E-state index in [0.29, 0.717) is 5.92 Å². The number of likely N-dealkylation sites (tertiary alicyclic amines) is 1. The van der Waals surface area contributed by atoms with Crippen molar-refractivity contribution in [1.29, 1.82) is 0 Å². The van der Waals surface area contributed by atoms with Crippen LogP contribution in [0.1, 0.15) is 24.5 Å². The predicted octanol–water partition coefficient (Wildman–Crippen LogP) is 4.33. The number of amides is 1. The Labute approximate surface area is 156 Å². The van der Waals surface area contributed by atoms with E-state index in [1.165, 1.54) is 11.5 Å². The van der Waals surface area contributed by atoms with Gasteiger partial charge in [0.1, 0.15) is 5.82 Å². The average molecular weight is 364 g/mol. The van der Waals surface area contributed by atoms with Crippen molar-refractivity contribution in [2.24, 2.45) is 0 Å². The summed E-state index contributed by atoms with van der Waals surface area (Å²) in [5.74, 6) is 1.21. The standard InChI is InChI=1S/C20H20N4OS/c1-2-18(25)24-10-7-14(8-11-24)17-13-15-5-3-4-6-16(15)19(22-17)23-20-21-9-12-26-20/h2-6,9,12-14H,1,7-8,10-11H2,(H,21,22,23). The maximum atomic E-state index is 11.8. The molecule has 5 nitrogen and oxygen atoms in total. The predicted molar refractivity (Wildman–Crippen MR) is 106 cm³/mol. The van der Waals surface area contributed by atoms with Crippen LogP contribution in [-0.4, -0.2) is 33.9 Å². The Morgan fingerprint density at radius 3 is 2.85 bits per heavy atom. The van der Waals surface area contributed by atoms with E-state index in [1.54, 1.807) is 17.5 Å². The summed E-state index contributed by atoms with van der Waals surface area (Å²) in [6, 6.07) is 10.4. The molecule has 2 aromatic heterocycles. The second kappa shape index (κ2) is 7.25. The zero-order chi connectivity index (χ0) is 17.9. The van der Waals surface area contributed by atoms with Crippen LogP contribution >= 0.6 is 11.3 Å². The van der Waals surface area contributed by atoms with E-state index in [4.69, 9.17) is 4.98 Å². The van der Waals surface area contributed by atoms with Crippen LogP contribution in [0.15, 0.2) is 54.6 Å². The molecular formula is C20H20N4OS. The minimum Gasteiger partial charge on any atom is -0.339 e. The maximum Gasteiger partial charge on any atom is 0.245 e. The van der Waals surface area contributed by atoms with Gasteiger partial charge in [0.25, 0.3) is 0 Å². The van der Waals surface area contributed by atoms with Crippen LogP contribution < -0.4 is 5.32 Å². The highest BCUT2D eigenvalue weighted by Gasteiger charge is 2.24. The Kier molecular flexibility index (Phi) is 4.67. The van der Waals surface area contributed by atoms with Crippen LogP contribution in [0, 0.1) is 0 Å². The van der Waals surface area contributed by atoms with Crippen molar-refractivity contribution in [1.82, 2.24) is 14.9 Å². The lowest BCUT2D eigenvalue weighted by atomic mass is 9.92. The molecule has 3 heterocycles. The Morgan fingerprint density at radius 2 is 2.12 bits per heavy atom. The van der Waals surface area contributed by atoms with Gasteiger partial charge in [-0.15, -0.1) is 11.3 Å². The molecule has 0 radical (unpaired) electrons. The van der Waals surface area contributed by atoms with Crippen molar-refractivity contribution in [2.75, 3.05) is 18.4 Å². The molecule has 26 heavy (non-hydrogen) atoms.